The van der Waals surface area contributed by atoms with Gasteiger partial charge in [0.05, 0.1) is 25.4 Å². The Morgan fingerprint density at radius 1 is 1.14 bits per heavy atom. The number of methoxy groups -OCH3 is 1. The van der Waals surface area contributed by atoms with Crippen molar-refractivity contribution in [1.29, 1.82) is 0 Å². The van der Waals surface area contributed by atoms with Crippen LogP contribution >= 0.6 is 0 Å². The lowest BCUT2D eigenvalue weighted by atomic mass is 9.78. The number of benzene rings is 2. The van der Waals surface area contributed by atoms with Crippen LogP contribution in [0.4, 0.5) is 0 Å². The van der Waals surface area contributed by atoms with E-state index in [1.54, 1.807) is 18.2 Å². The molecule has 28 heavy (non-hydrogen) atoms. The summed E-state index contributed by atoms with van der Waals surface area (Å²) < 4.78 is 11.6. The average molecular weight is 384 g/mol. The van der Waals surface area contributed by atoms with Crippen LogP contribution in [0.1, 0.15) is 35.6 Å². The molecule has 1 saturated heterocycles. The maximum atomic E-state index is 10.7. The van der Waals surface area contributed by atoms with E-state index in [2.05, 4.69) is 0 Å². The standard InChI is InChI=1S/C22H24O6/c1-27-22-15-8-9-16-18(24)10-14(7-4-12-2-5-13(23)6-3-12)28-21(16)17(15)11-19(25)20(22)26/h2-3,5-6,8-9,11,14,16,18,21,23-26H,4,7,10H2,1H3/t14-,16-,18+,21-/m0/s1. The first-order valence-electron chi connectivity index (χ1n) is 9.40. The summed E-state index contributed by atoms with van der Waals surface area (Å²) in [5, 5.41) is 40.2. The second-order valence-corrected chi connectivity index (χ2v) is 7.40. The largest absolute Gasteiger partial charge is 0.508 e. The minimum absolute atomic E-state index is 0.147. The van der Waals surface area contributed by atoms with E-state index in [0.29, 0.717) is 17.5 Å². The van der Waals surface area contributed by atoms with E-state index in [0.717, 1.165) is 18.4 Å². The second kappa shape index (κ2) is 7.37. The Balaban J connectivity index is 1.57. The summed E-state index contributed by atoms with van der Waals surface area (Å²) in [5.74, 6) is -0.350. The van der Waals surface area contributed by atoms with E-state index in [9.17, 15) is 20.4 Å². The van der Waals surface area contributed by atoms with Crippen LogP contribution in [0.5, 0.6) is 23.0 Å². The average Bonchev–Trinajstić information content (AvgIpc) is 2.69. The van der Waals surface area contributed by atoms with Gasteiger partial charge < -0.3 is 29.9 Å². The summed E-state index contributed by atoms with van der Waals surface area (Å²) >= 11 is 0. The maximum Gasteiger partial charge on any atom is 0.201 e. The Kier molecular flexibility index (Phi) is 4.91. The van der Waals surface area contributed by atoms with E-state index in [-0.39, 0.29) is 35.0 Å². The van der Waals surface area contributed by atoms with Gasteiger partial charge in [0.25, 0.3) is 0 Å². The van der Waals surface area contributed by atoms with Gasteiger partial charge in [0.2, 0.25) is 5.75 Å². The molecule has 6 nitrogen and oxygen atoms in total. The Bertz CT molecular complexity index is 889. The van der Waals surface area contributed by atoms with E-state index in [1.807, 2.05) is 18.2 Å². The minimum atomic E-state index is -0.560. The molecular formula is C22H24O6. The van der Waals surface area contributed by atoms with Gasteiger partial charge in [0, 0.05) is 17.9 Å². The van der Waals surface area contributed by atoms with Gasteiger partial charge in [-0.05, 0) is 42.2 Å². The van der Waals surface area contributed by atoms with Crippen molar-refractivity contribution in [3.05, 3.63) is 53.1 Å². The Hall–Kier alpha value is -2.70. The molecule has 1 fully saturated rings. The maximum absolute atomic E-state index is 10.7. The van der Waals surface area contributed by atoms with E-state index in [1.165, 1.54) is 13.2 Å². The van der Waals surface area contributed by atoms with Crippen molar-refractivity contribution in [2.45, 2.75) is 37.6 Å². The van der Waals surface area contributed by atoms with Crippen molar-refractivity contribution in [1.82, 2.24) is 0 Å². The molecule has 0 amide bonds. The third-order valence-corrected chi connectivity index (χ3v) is 5.63. The molecule has 2 aliphatic rings. The zero-order valence-electron chi connectivity index (χ0n) is 15.6. The Morgan fingerprint density at radius 2 is 1.89 bits per heavy atom. The summed E-state index contributed by atoms with van der Waals surface area (Å²) in [6.07, 6.45) is 4.58. The SMILES string of the molecule is COc1c(O)c(O)cc2c1C=C[C@H]1[C@H](O)C[C@H](CCc3ccc(O)cc3)O[C@H]21. The van der Waals surface area contributed by atoms with Gasteiger partial charge in [-0.25, -0.2) is 0 Å². The van der Waals surface area contributed by atoms with Gasteiger partial charge in [0.1, 0.15) is 5.75 Å². The van der Waals surface area contributed by atoms with Crippen molar-refractivity contribution >= 4 is 6.08 Å². The molecule has 0 saturated carbocycles. The molecule has 0 radical (unpaired) electrons. The first-order valence-corrected chi connectivity index (χ1v) is 9.40. The zero-order valence-corrected chi connectivity index (χ0v) is 15.6. The van der Waals surface area contributed by atoms with Gasteiger partial charge >= 0.3 is 0 Å². The highest BCUT2D eigenvalue weighted by Crippen LogP contribution is 2.50. The van der Waals surface area contributed by atoms with Gasteiger partial charge in [-0.2, -0.15) is 0 Å². The normalized spacial score (nSPS) is 25.8. The molecule has 1 aliphatic heterocycles. The van der Waals surface area contributed by atoms with E-state index in [4.69, 9.17) is 9.47 Å². The van der Waals surface area contributed by atoms with Crippen molar-refractivity contribution in [2.75, 3.05) is 7.11 Å². The summed E-state index contributed by atoms with van der Waals surface area (Å²) in [7, 11) is 1.44. The summed E-state index contributed by atoms with van der Waals surface area (Å²) in [4.78, 5) is 0. The number of hydrogen-bond acceptors (Lipinski definition) is 6. The van der Waals surface area contributed by atoms with Crippen LogP contribution in [0.2, 0.25) is 0 Å². The number of rotatable bonds is 4. The van der Waals surface area contributed by atoms with Crippen molar-refractivity contribution in [3.8, 4) is 23.0 Å². The fraction of sp³-hybridized carbons (Fsp3) is 0.364. The van der Waals surface area contributed by atoms with Gasteiger partial charge in [0.15, 0.2) is 11.5 Å². The molecule has 2 aromatic rings. The first-order chi connectivity index (χ1) is 13.5. The third-order valence-electron chi connectivity index (χ3n) is 5.63. The quantitative estimate of drug-likeness (QED) is 0.604. The third kappa shape index (κ3) is 3.30. The molecule has 4 N–H and O–H groups in total. The minimum Gasteiger partial charge on any atom is -0.508 e. The molecule has 6 heteroatoms. The fourth-order valence-corrected chi connectivity index (χ4v) is 4.16. The molecule has 4 atom stereocenters. The number of aliphatic hydroxyl groups excluding tert-OH is 1. The van der Waals surface area contributed by atoms with Gasteiger partial charge in [-0.15, -0.1) is 0 Å². The zero-order chi connectivity index (χ0) is 19.8. The van der Waals surface area contributed by atoms with Crippen LogP contribution in [-0.4, -0.2) is 39.7 Å². The van der Waals surface area contributed by atoms with Crippen molar-refractivity contribution in [3.63, 3.8) is 0 Å². The monoisotopic (exact) mass is 384 g/mol. The number of phenolic OH excluding ortho intramolecular Hbond substituents is 3. The van der Waals surface area contributed by atoms with E-state index >= 15 is 0 Å². The number of phenols is 3. The number of aliphatic hydroxyl groups is 1. The number of fused-ring (bicyclic) bond motifs is 3. The lowest BCUT2D eigenvalue weighted by Crippen LogP contribution is -2.40. The molecule has 1 heterocycles. The lowest BCUT2D eigenvalue weighted by molar-refractivity contribution is -0.127. The predicted molar refractivity (Wildman–Crippen MR) is 104 cm³/mol. The number of hydrogen-bond donors (Lipinski definition) is 4. The summed E-state index contributed by atoms with van der Waals surface area (Å²) in [5.41, 5.74) is 2.45. The topological polar surface area (TPSA) is 99.4 Å². The molecule has 0 spiro atoms. The van der Waals surface area contributed by atoms with Crippen LogP contribution in [0.15, 0.2) is 36.4 Å². The number of ether oxygens (including phenoxy) is 2. The first kappa shape index (κ1) is 18.7. The van der Waals surface area contributed by atoms with Crippen LogP contribution in [0.3, 0.4) is 0 Å². The molecule has 4 rings (SSSR count). The van der Waals surface area contributed by atoms with Crippen LogP contribution in [0, 0.1) is 5.92 Å². The number of aryl methyl sites for hydroxylation is 1. The fourth-order valence-electron chi connectivity index (χ4n) is 4.16. The molecule has 0 bridgehead atoms. The predicted octanol–water partition coefficient (Wildman–Crippen LogP) is 3.28. The lowest BCUT2D eigenvalue weighted by Gasteiger charge is -2.41. The smallest absolute Gasteiger partial charge is 0.201 e. The Labute approximate surface area is 163 Å². The highest BCUT2D eigenvalue weighted by Gasteiger charge is 2.41. The molecular weight excluding hydrogens is 360 g/mol. The molecule has 0 unspecified atom stereocenters. The van der Waals surface area contributed by atoms with Crippen molar-refractivity contribution < 1.29 is 29.9 Å². The highest BCUT2D eigenvalue weighted by atomic mass is 16.5. The van der Waals surface area contributed by atoms with Crippen LogP contribution in [-0.2, 0) is 11.2 Å². The van der Waals surface area contributed by atoms with Gasteiger partial charge in [-0.3, -0.25) is 0 Å². The molecule has 148 valence electrons. The Morgan fingerprint density at radius 3 is 2.61 bits per heavy atom. The highest BCUT2D eigenvalue weighted by molar-refractivity contribution is 5.71. The van der Waals surface area contributed by atoms with Crippen LogP contribution < -0.4 is 4.74 Å². The second-order valence-electron chi connectivity index (χ2n) is 7.40. The molecule has 2 aromatic carbocycles. The van der Waals surface area contributed by atoms with Crippen LogP contribution in [0.25, 0.3) is 6.08 Å². The van der Waals surface area contributed by atoms with Gasteiger partial charge in [-0.1, -0.05) is 24.3 Å². The van der Waals surface area contributed by atoms with Crippen molar-refractivity contribution in [2.24, 2.45) is 5.92 Å². The summed E-state index contributed by atoms with van der Waals surface area (Å²) in [6, 6.07) is 8.56. The molecule has 0 aromatic heterocycles. The number of aromatic hydroxyl groups is 3. The summed E-state index contributed by atoms with van der Waals surface area (Å²) in [6.45, 7) is 0. The van der Waals surface area contributed by atoms with E-state index < -0.39 is 12.2 Å². The molecule has 1 aliphatic carbocycles.